The summed E-state index contributed by atoms with van der Waals surface area (Å²) < 4.78 is 15.8. The molecule has 3 N–H and O–H groups in total. The SMILES string of the molecule is CNc1ccc(-c2cnc(C(CCCC(C)C(C)=O)NC(=O)c3cnn(-c4cccc(Cl)c4F)c3)[nH]2)c(C)c1. The van der Waals surface area contributed by atoms with Crippen LogP contribution in [0, 0.1) is 18.7 Å². The molecule has 2 unspecified atom stereocenters. The molecule has 0 bridgehead atoms. The number of rotatable bonds is 11. The number of aromatic amines is 1. The maximum atomic E-state index is 14.5. The number of aryl methyl sites for hydroxylation is 1. The van der Waals surface area contributed by atoms with Gasteiger partial charge in [0.05, 0.1) is 34.7 Å². The van der Waals surface area contributed by atoms with Crippen molar-refractivity contribution in [3.05, 3.63) is 82.8 Å². The number of aromatic nitrogens is 4. The van der Waals surface area contributed by atoms with Crippen LogP contribution in [-0.4, -0.2) is 38.5 Å². The molecule has 1 amide bonds. The van der Waals surface area contributed by atoms with Crippen molar-refractivity contribution in [2.75, 3.05) is 12.4 Å². The molecule has 0 radical (unpaired) electrons. The lowest BCUT2D eigenvalue weighted by molar-refractivity contribution is -0.120. The number of halogens is 2. The lowest BCUT2D eigenvalue weighted by Gasteiger charge is -2.17. The van der Waals surface area contributed by atoms with Crippen LogP contribution in [0.3, 0.4) is 0 Å². The largest absolute Gasteiger partial charge is 0.388 e. The molecule has 0 spiro atoms. The highest BCUT2D eigenvalue weighted by molar-refractivity contribution is 6.30. The van der Waals surface area contributed by atoms with E-state index >= 15 is 0 Å². The molecule has 0 fully saturated rings. The quantitative estimate of drug-likeness (QED) is 0.204. The van der Waals surface area contributed by atoms with E-state index in [1.54, 1.807) is 19.2 Å². The summed E-state index contributed by atoms with van der Waals surface area (Å²) in [4.78, 5) is 32.9. The second-order valence-corrected chi connectivity index (χ2v) is 10.1. The van der Waals surface area contributed by atoms with Gasteiger partial charge in [-0.25, -0.2) is 14.1 Å². The fraction of sp³-hybridized carbons (Fsp3) is 0.310. The van der Waals surface area contributed by atoms with E-state index in [1.807, 2.05) is 33.0 Å². The number of hydrogen-bond donors (Lipinski definition) is 3. The van der Waals surface area contributed by atoms with E-state index in [-0.39, 0.29) is 33.9 Å². The van der Waals surface area contributed by atoms with Crippen LogP contribution in [0.2, 0.25) is 5.02 Å². The second-order valence-electron chi connectivity index (χ2n) is 9.68. The van der Waals surface area contributed by atoms with Crippen LogP contribution >= 0.6 is 11.6 Å². The zero-order valence-corrected chi connectivity index (χ0v) is 23.1. The Bertz CT molecular complexity index is 1480. The average Bonchev–Trinajstić information content (AvgIpc) is 3.60. The predicted molar refractivity (Wildman–Crippen MR) is 151 cm³/mol. The Hall–Kier alpha value is -3.98. The zero-order chi connectivity index (χ0) is 28.1. The third-order valence-electron chi connectivity index (χ3n) is 6.88. The molecular weight excluding hydrogens is 519 g/mol. The Morgan fingerprint density at radius 2 is 1.97 bits per heavy atom. The van der Waals surface area contributed by atoms with Gasteiger partial charge in [0, 0.05) is 30.4 Å². The van der Waals surface area contributed by atoms with Crippen molar-refractivity contribution < 1.29 is 14.0 Å². The Kier molecular flexibility index (Phi) is 8.81. The van der Waals surface area contributed by atoms with Crippen LogP contribution in [0.25, 0.3) is 16.9 Å². The summed E-state index contributed by atoms with van der Waals surface area (Å²) in [7, 11) is 1.87. The van der Waals surface area contributed by atoms with Crippen molar-refractivity contribution in [3.63, 3.8) is 0 Å². The summed E-state index contributed by atoms with van der Waals surface area (Å²) in [5.41, 5.74) is 4.35. The molecule has 2 aromatic heterocycles. The van der Waals surface area contributed by atoms with E-state index in [2.05, 4.69) is 31.8 Å². The summed E-state index contributed by atoms with van der Waals surface area (Å²) in [6.45, 7) is 5.52. The molecule has 10 heteroatoms. The number of nitrogens with zero attached hydrogens (tertiary/aromatic N) is 3. The maximum absolute atomic E-state index is 14.5. The molecule has 0 aliphatic carbocycles. The van der Waals surface area contributed by atoms with Crippen molar-refractivity contribution in [2.24, 2.45) is 5.92 Å². The van der Waals surface area contributed by atoms with Crippen LogP contribution < -0.4 is 10.6 Å². The molecule has 0 saturated heterocycles. The first-order chi connectivity index (χ1) is 18.7. The smallest absolute Gasteiger partial charge is 0.255 e. The molecule has 39 heavy (non-hydrogen) atoms. The number of benzene rings is 2. The van der Waals surface area contributed by atoms with Crippen LogP contribution in [0.15, 0.2) is 55.0 Å². The van der Waals surface area contributed by atoms with Gasteiger partial charge in [0.15, 0.2) is 5.82 Å². The first kappa shape index (κ1) is 28.0. The fourth-order valence-electron chi connectivity index (χ4n) is 4.36. The van der Waals surface area contributed by atoms with Gasteiger partial charge < -0.3 is 15.6 Å². The summed E-state index contributed by atoms with van der Waals surface area (Å²) >= 11 is 5.90. The number of anilines is 1. The maximum Gasteiger partial charge on any atom is 0.255 e. The number of H-pyrrole nitrogens is 1. The third-order valence-corrected chi connectivity index (χ3v) is 7.17. The van der Waals surface area contributed by atoms with Gasteiger partial charge in [-0.1, -0.05) is 37.1 Å². The zero-order valence-electron chi connectivity index (χ0n) is 22.4. The lowest BCUT2D eigenvalue weighted by Crippen LogP contribution is -2.29. The molecule has 2 heterocycles. The first-order valence-corrected chi connectivity index (χ1v) is 13.2. The molecule has 204 valence electrons. The average molecular weight is 551 g/mol. The lowest BCUT2D eigenvalue weighted by atomic mass is 9.98. The topological polar surface area (TPSA) is 105 Å². The van der Waals surface area contributed by atoms with Gasteiger partial charge in [-0.15, -0.1) is 0 Å². The molecule has 8 nitrogen and oxygen atoms in total. The normalized spacial score (nSPS) is 12.7. The molecule has 2 atom stereocenters. The van der Waals surface area contributed by atoms with Crippen molar-refractivity contribution in [1.29, 1.82) is 0 Å². The van der Waals surface area contributed by atoms with Gasteiger partial charge in [-0.2, -0.15) is 5.10 Å². The minimum Gasteiger partial charge on any atom is -0.388 e. The summed E-state index contributed by atoms with van der Waals surface area (Å²) in [6, 6.07) is 10.2. The first-order valence-electron chi connectivity index (χ1n) is 12.8. The highest BCUT2D eigenvalue weighted by atomic mass is 35.5. The summed E-state index contributed by atoms with van der Waals surface area (Å²) in [6.07, 6.45) is 6.58. The van der Waals surface area contributed by atoms with Crippen LogP contribution in [-0.2, 0) is 4.79 Å². The second kappa shape index (κ2) is 12.3. The minimum atomic E-state index is -0.618. The van der Waals surface area contributed by atoms with Gasteiger partial charge in [0.1, 0.15) is 17.3 Å². The van der Waals surface area contributed by atoms with Gasteiger partial charge in [0.2, 0.25) is 0 Å². The van der Waals surface area contributed by atoms with E-state index < -0.39 is 11.9 Å². The van der Waals surface area contributed by atoms with Crippen molar-refractivity contribution in [1.82, 2.24) is 25.1 Å². The molecule has 4 aromatic rings. The van der Waals surface area contributed by atoms with Crippen LogP contribution in [0.4, 0.5) is 10.1 Å². The van der Waals surface area contributed by atoms with Crippen LogP contribution in [0.1, 0.15) is 60.9 Å². The van der Waals surface area contributed by atoms with E-state index in [1.165, 1.54) is 29.2 Å². The molecule has 0 aliphatic rings. The van der Waals surface area contributed by atoms with Crippen molar-refractivity contribution >= 4 is 29.0 Å². The highest BCUT2D eigenvalue weighted by Gasteiger charge is 2.22. The molecule has 4 rings (SSSR count). The third kappa shape index (κ3) is 6.54. The van der Waals surface area contributed by atoms with E-state index in [9.17, 15) is 14.0 Å². The Morgan fingerprint density at radius 1 is 1.18 bits per heavy atom. The number of carbonyl (C=O) groups is 2. The van der Waals surface area contributed by atoms with Crippen molar-refractivity contribution in [3.8, 4) is 16.9 Å². The standard InChI is InChI=1S/C29H32ClFN6O2/c1-17(19(3)38)7-5-9-24(28-33-15-25(35-28)22-12-11-21(32-4)13-18(22)2)36-29(39)20-14-34-37(16-20)26-10-6-8-23(30)27(26)31/h6,8,10-17,24,32H,5,7,9H2,1-4H3,(H,33,35)(H,36,39). The fourth-order valence-corrected chi connectivity index (χ4v) is 4.53. The minimum absolute atomic E-state index is 0.0293. The molecule has 0 saturated carbocycles. The van der Waals surface area contributed by atoms with Gasteiger partial charge in [0.25, 0.3) is 5.91 Å². The van der Waals surface area contributed by atoms with E-state index in [0.717, 1.165) is 22.5 Å². The molecular formula is C29H32ClFN6O2. The number of hydrogen-bond acceptors (Lipinski definition) is 5. The van der Waals surface area contributed by atoms with Gasteiger partial charge >= 0.3 is 0 Å². The number of ketones is 1. The molecule has 0 aliphatic heterocycles. The molecule has 2 aromatic carbocycles. The number of imidazole rings is 1. The van der Waals surface area contributed by atoms with Crippen LogP contribution in [0.5, 0.6) is 0 Å². The number of carbonyl (C=O) groups excluding carboxylic acids is 2. The number of Topliss-reactive ketones (excluding diaryl/α,β-unsaturated/α-hetero) is 1. The van der Waals surface area contributed by atoms with E-state index in [0.29, 0.717) is 25.1 Å². The number of nitrogens with one attached hydrogen (secondary N) is 3. The summed E-state index contributed by atoms with van der Waals surface area (Å²) in [5, 5.41) is 10.3. The van der Waals surface area contributed by atoms with Gasteiger partial charge in [-0.3, -0.25) is 9.59 Å². The Morgan fingerprint density at radius 3 is 2.69 bits per heavy atom. The summed E-state index contributed by atoms with van der Waals surface area (Å²) in [5.74, 6) is -0.308. The Labute approximate surface area is 232 Å². The van der Waals surface area contributed by atoms with E-state index in [4.69, 9.17) is 11.6 Å². The van der Waals surface area contributed by atoms with Crippen molar-refractivity contribution in [2.45, 2.75) is 46.1 Å². The monoisotopic (exact) mass is 550 g/mol. The highest BCUT2D eigenvalue weighted by Crippen LogP contribution is 2.27. The predicted octanol–water partition coefficient (Wildman–Crippen LogP) is 6.27. The Balaban J connectivity index is 1.56. The van der Waals surface area contributed by atoms with Gasteiger partial charge in [-0.05, 0) is 56.5 Å². The number of amides is 1.